The maximum absolute atomic E-state index is 12.2. The predicted molar refractivity (Wildman–Crippen MR) is 82.8 cm³/mol. The molecule has 102 valence electrons. The number of halogens is 1. The molecule has 1 aromatic carbocycles. The molecule has 2 rings (SSSR count). The van der Waals surface area contributed by atoms with Gasteiger partial charge in [-0.15, -0.1) is 11.8 Å². The highest BCUT2D eigenvalue weighted by molar-refractivity contribution is 8.02. The summed E-state index contributed by atoms with van der Waals surface area (Å²) in [5.41, 5.74) is 0.688. The molecule has 19 heavy (non-hydrogen) atoms. The Labute approximate surface area is 123 Å². The second-order valence-electron chi connectivity index (χ2n) is 4.61. The van der Waals surface area contributed by atoms with E-state index in [9.17, 15) is 4.79 Å². The second-order valence-corrected chi connectivity index (χ2v) is 5.87. The Balaban J connectivity index is 2.12. The van der Waals surface area contributed by atoms with Gasteiger partial charge >= 0.3 is 0 Å². The number of benzene rings is 1. The number of thioether (sulfide) groups is 1. The summed E-state index contributed by atoms with van der Waals surface area (Å²) in [5.74, 6) is 0.0478. The van der Waals surface area contributed by atoms with Gasteiger partial charge in [0.2, 0.25) is 0 Å². The largest absolute Gasteiger partial charge is 0.366 e. The summed E-state index contributed by atoms with van der Waals surface area (Å²) >= 11 is 7.47. The number of ketones is 1. The average Bonchev–Trinajstić information content (AvgIpc) is 2.46. The van der Waals surface area contributed by atoms with E-state index in [0.717, 1.165) is 18.1 Å². The molecule has 1 aromatic rings. The number of carbonyl (C=O) groups is 1. The molecule has 0 aliphatic carbocycles. The molecule has 1 aliphatic rings. The minimum Gasteiger partial charge on any atom is -0.366 e. The molecule has 1 heterocycles. The average molecular weight is 296 g/mol. The molecule has 0 amide bonds. The van der Waals surface area contributed by atoms with Gasteiger partial charge in [0.05, 0.1) is 5.03 Å². The van der Waals surface area contributed by atoms with Crippen LogP contribution in [0, 0.1) is 0 Å². The third-order valence-corrected chi connectivity index (χ3v) is 4.31. The Hall–Kier alpha value is -0.930. The van der Waals surface area contributed by atoms with E-state index < -0.39 is 0 Å². The van der Waals surface area contributed by atoms with Crippen molar-refractivity contribution >= 4 is 29.1 Å². The van der Waals surface area contributed by atoms with E-state index in [1.54, 1.807) is 42.1 Å². The van der Waals surface area contributed by atoms with Crippen molar-refractivity contribution in [2.45, 2.75) is 19.3 Å². The van der Waals surface area contributed by atoms with Crippen LogP contribution in [0.25, 0.3) is 0 Å². The fourth-order valence-corrected chi connectivity index (χ4v) is 2.99. The summed E-state index contributed by atoms with van der Waals surface area (Å²) < 4.78 is 0. The number of carbonyl (C=O) groups excluding carboxylic acids is 1. The van der Waals surface area contributed by atoms with Crippen molar-refractivity contribution in [3.63, 3.8) is 0 Å². The third-order valence-electron chi connectivity index (χ3n) is 3.26. The van der Waals surface area contributed by atoms with E-state index >= 15 is 0 Å². The highest BCUT2D eigenvalue weighted by atomic mass is 35.5. The first-order valence-electron chi connectivity index (χ1n) is 6.51. The lowest BCUT2D eigenvalue weighted by molar-refractivity contribution is 0.104. The van der Waals surface area contributed by atoms with Crippen LogP contribution in [0.5, 0.6) is 0 Å². The lowest BCUT2D eigenvalue weighted by atomic mass is 10.1. The van der Waals surface area contributed by atoms with Gasteiger partial charge in [0, 0.05) is 29.8 Å². The Morgan fingerprint density at radius 1 is 1.21 bits per heavy atom. The van der Waals surface area contributed by atoms with Gasteiger partial charge in [-0.1, -0.05) is 11.6 Å². The molecule has 1 aliphatic heterocycles. The normalized spacial score (nSPS) is 16.5. The van der Waals surface area contributed by atoms with E-state index in [1.165, 1.54) is 19.3 Å². The first-order chi connectivity index (χ1) is 9.20. The van der Waals surface area contributed by atoms with Gasteiger partial charge in [0.1, 0.15) is 0 Å². The fraction of sp³-hybridized carbons (Fsp3) is 0.400. The zero-order valence-electron chi connectivity index (χ0n) is 11.1. The van der Waals surface area contributed by atoms with Crippen LogP contribution in [0.2, 0.25) is 5.02 Å². The van der Waals surface area contributed by atoms with Gasteiger partial charge in [-0.25, -0.2) is 0 Å². The standard InChI is InChI=1S/C15H18ClNOS/c1-19-15(17-9-3-2-4-10-17)11-14(18)12-5-7-13(16)8-6-12/h5-8,11H,2-4,9-10H2,1H3/b15-11-. The van der Waals surface area contributed by atoms with E-state index in [1.807, 2.05) is 6.26 Å². The molecule has 2 nitrogen and oxygen atoms in total. The number of allylic oxidation sites excluding steroid dienone is 1. The molecule has 1 fully saturated rings. The van der Waals surface area contributed by atoms with Crippen LogP contribution in [0.4, 0.5) is 0 Å². The van der Waals surface area contributed by atoms with Gasteiger partial charge in [0.25, 0.3) is 0 Å². The van der Waals surface area contributed by atoms with Crippen LogP contribution >= 0.6 is 23.4 Å². The van der Waals surface area contributed by atoms with Gasteiger partial charge in [-0.05, 0) is 49.8 Å². The molecule has 4 heteroatoms. The SMILES string of the molecule is CS/C(=C\C(=O)c1ccc(Cl)cc1)N1CCCCC1. The fourth-order valence-electron chi connectivity index (χ4n) is 2.20. The monoisotopic (exact) mass is 295 g/mol. The molecular formula is C15H18ClNOS. The Kier molecular flexibility index (Phi) is 5.34. The van der Waals surface area contributed by atoms with Crippen molar-refractivity contribution in [3.8, 4) is 0 Å². The van der Waals surface area contributed by atoms with Crippen LogP contribution < -0.4 is 0 Å². The highest BCUT2D eigenvalue weighted by Crippen LogP contribution is 2.23. The predicted octanol–water partition coefficient (Wildman–Crippen LogP) is 4.21. The molecule has 0 bridgehead atoms. The van der Waals surface area contributed by atoms with E-state index in [4.69, 9.17) is 11.6 Å². The highest BCUT2D eigenvalue weighted by Gasteiger charge is 2.14. The zero-order chi connectivity index (χ0) is 13.7. The van der Waals surface area contributed by atoms with Gasteiger partial charge in [0.15, 0.2) is 5.78 Å². The number of hydrogen-bond donors (Lipinski definition) is 0. The van der Waals surface area contributed by atoms with Gasteiger partial charge in [-0.2, -0.15) is 0 Å². The molecule has 0 atom stereocenters. The number of rotatable bonds is 4. The van der Waals surface area contributed by atoms with Crippen molar-refractivity contribution in [2.75, 3.05) is 19.3 Å². The molecule has 0 saturated carbocycles. The Bertz CT molecular complexity index is 464. The van der Waals surface area contributed by atoms with Crippen molar-refractivity contribution in [1.82, 2.24) is 4.90 Å². The summed E-state index contributed by atoms with van der Waals surface area (Å²) in [4.78, 5) is 14.5. The number of piperidine rings is 1. The zero-order valence-corrected chi connectivity index (χ0v) is 12.6. The Morgan fingerprint density at radius 3 is 2.42 bits per heavy atom. The molecule has 0 unspecified atom stereocenters. The van der Waals surface area contributed by atoms with Crippen LogP contribution in [0.3, 0.4) is 0 Å². The first-order valence-corrected chi connectivity index (χ1v) is 8.11. The Morgan fingerprint density at radius 2 is 1.84 bits per heavy atom. The van der Waals surface area contributed by atoms with Crippen molar-refractivity contribution in [1.29, 1.82) is 0 Å². The third kappa shape index (κ3) is 4.02. The van der Waals surface area contributed by atoms with E-state index in [2.05, 4.69) is 4.90 Å². The van der Waals surface area contributed by atoms with Crippen LogP contribution in [0.1, 0.15) is 29.6 Å². The molecular weight excluding hydrogens is 278 g/mol. The minimum atomic E-state index is 0.0478. The smallest absolute Gasteiger partial charge is 0.188 e. The number of hydrogen-bond acceptors (Lipinski definition) is 3. The van der Waals surface area contributed by atoms with Crippen LogP contribution in [0.15, 0.2) is 35.4 Å². The van der Waals surface area contributed by atoms with E-state index in [0.29, 0.717) is 10.6 Å². The summed E-state index contributed by atoms with van der Waals surface area (Å²) in [5, 5.41) is 1.72. The van der Waals surface area contributed by atoms with Crippen LogP contribution in [-0.2, 0) is 0 Å². The maximum Gasteiger partial charge on any atom is 0.188 e. The summed E-state index contributed by atoms with van der Waals surface area (Å²) in [6.07, 6.45) is 7.50. The lowest BCUT2D eigenvalue weighted by Gasteiger charge is -2.29. The second kappa shape index (κ2) is 7.01. The lowest BCUT2D eigenvalue weighted by Crippen LogP contribution is -2.28. The van der Waals surface area contributed by atoms with Crippen LogP contribution in [-0.4, -0.2) is 30.0 Å². The summed E-state index contributed by atoms with van der Waals surface area (Å²) in [6, 6.07) is 7.05. The summed E-state index contributed by atoms with van der Waals surface area (Å²) in [7, 11) is 0. The molecule has 0 aromatic heterocycles. The van der Waals surface area contributed by atoms with E-state index in [-0.39, 0.29) is 5.78 Å². The molecule has 1 saturated heterocycles. The summed E-state index contributed by atoms with van der Waals surface area (Å²) in [6.45, 7) is 2.11. The minimum absolute atomic E-state index is 0.0478. The topological polar surface area (TPSA) is 20.3 Å². The molecule has 0 radical (unpaired) electrons. The molecule has 0 N–H and O–H groups in total. The number of likely N-dealkylation sites (tertiary alicyclic amines) is 1. The van der Waals surface area contributed by atoms with Gasteiger partial charge in [-0.3, -0.25) is 4.79 Å². The van der Waals surface area contributed by atoms with Gasteiger partial charge < -0.3 is 4.90 Å². The molecule has 0 spiro atoms. The quantitative estimate of drug-likeness (QED) is 0.613. The van der Waals surface area contributed by atoms with Crippen molar-refractivity contribution in [3.05, 3.63) is 46.0 Å². The maximum atomic E-state index is 12.2. The first kappa shape index (κ1) is 14.5. The number of nitrogens with zero attached hydrogens (tertiary/aromatic N) is 1. The van der Waals surface area contributed by atoms with Crippen molar-refractivity contribution < 1.29 is 4.79 Å². The van der Waals surface area contributed by atoms with Crippen molar-refractivity contribution in [2.24, 2.45) is 0 Å².